The third kappa shape index (κ3) is 3.44. The van der Waals surface area contributed by atoms with Gasteiger partial charge >= 0.3 is 0 Å². The van der Waals surface area contributed by atoms with E-state index in [0.29, 0.717) is 17.9 Å². The summed E-state index contributed by atoms with van der Waals surface area (Å²) in [5, 5.41) is 13.1. The molecule has 0 bridgehead atoms. The number of hydrogen-bond donors (Lipinski definition) is 0. The molecule has 0 spiro atoms. The molecule has 2 aromatic rings. The number of hydrogen-bond acceptors (Lipinski definition) is 4. The van der Waals surface area contributed by atoms with Crippen LogP contribution in [0.25, 0.3) is 0 Å². The molecule has 5 nitrogen and oxygen atoms in total. The molecule has 0 aliphatic carbocycles. The van der Waals surface area contributed by atoms with Crippen LogP contribution >= 0.6 is 11.8 Å². The summed E-state index contributed by atoms with van der Waals surface area (Å²) in [6, 6.07) is 6.22. The Labute approximate surface area is 144 Å². The highest BCUT2D eigenvalue weighted by atomic mass is 32.2. The van der Waals surface area contributed by atoms with Gasteiger partial charge in [0.2, 0.25) is 5.91 Å². The van der Waals surface area contributed by atoms with E-state index in [2.05, 4.69) is 5.10 Å². The number of aromatic nitrogens is 2. The van der Waals surface area contributed by atoms with Crippen molar-refractivity contribution in [2.24, 2.45) is 7.05 Å². The number of thioether (sulfide) groups is 1. The van der Waals surface area contributed by atoms with Crippen LogP contribution in [0.5, 0.6) is 0 Å². The van der Waals surface area contributed by atoms with Gasteiger partial charge in [-0.05, 0) is 30.5 Å². The maximum Gasteiger partial charge on any atom is 0.240 e. The first-order valence-corrected chi connectivity index (χ1v) is 8.73. The van der Waals surface area contributed by atoms with Crippen LogP contribution in [0.4, 0.5) is 10.1 Å². The predicted octanol–water partition coefficient (Wildman–Crippen LogP) is 2.86. The lowest BCUT2D eigenvalue weighted by Gasteiger charge is -2.31. The monoisotopic (exact) mass is 344 g/mol. The first-order valence-electron chi connectivity index (χ1n) is 7.68. The average Bonchev–Trinajstić information content (AvgIpc) is 3.01. The number of amides is 1. The van der Waals surface area contributed by atoms with E-state index in [1.54, 1.807) is 21.8 Å². The van der Waals surface area contributed by atoms with Crippen molar-refractivity contribution in [3.8, 4) is 6.07 Å². The molecule has 0 radical (unpaired) electrons. The second-order valence-corrected chi connectivity index (χ2v) is 6.91. The van der Waals surface area contributed by atoms with Crippen LogP contribution in [-0.4, -0.2) is 27.5 Å². The summed E-state index contributed by atoms with van der Waals surface area (Å²) in [6.07, 6.45) is 5.26. The zero-order valence-corrected chi connectivity index (χ0v) is 14.1. The normalized spacial score (nSPS) is 17.8. The summed E-state index contributed by atoms with van der Waals surface area (Å²) in [5.41, 5.74) is 1.90. The van der Waals surface area contributed by atoms with Crippen molar-refractivity contribution in [2.45, 2.75) is 23.8 Å². The minimum Gasteiger partial charge on any atom is -0.309 e. The number of anilines is 1. The first kappa shape index (κ1) is 16.5. The Kier molecular flexibility index (Phi) is 4.86. The summed E-state index contributed by atoms with van der Waals surface area (Å²) < 4.78 is 14.9. The maximum atomic E-state index is 13.2. The minimum absolute atomic E-state index is 0.0693. The van der Waals surface area contributed by atoms with Crippen LogP contribution in [0, 0.1) is 17.1 Å². The molecule has 24 heavy (non-hydrogen) atoms. The molecular weight excluding hydrogens is 327 g/mol. The first-order chi connectivity index (χ1) is 11.6. The number of benzene rings is 1. The van der Waals surface area contributed by atoms with Crippen molar-refractivity contribution in [3.05, 3.63) is 47.5 Å². The zero-order valence-electron chi connectivity index (χ0n) is 13.3. The highest BCUT2D eigenvalue weighted by Gasteiger charge is 2.30. The summed E-state index contributed by atoms with van der Waals surface area (Å²) in [5.74, 6) is 0.164. The van der Waals surface area contributed by atoms with E-state index in [1.165, 1.54) is 23.9 Å². The van der Waals surface area contributed by atoms with Gasteiger partial charge in [-0.15, -0.1) is 11.8 Å². The Morgan fingerprint density at radius 2 is 2.33 bits per heavy atom. The summed E-state index contributed by atoms with van der Waals surface area (Å²) in [6.45, 7) is 0.696. The minimum atomic E-state index is -0.420. The van der Waals surface area contributed by atoms with Crippen molar-refractivity contribution < 1.29 is 9.18 Å². The predicted molar refractivity (Wildman–Crippen MR) is 91.0 cm³/mol. The fraction of sp³-hybridized carbons (Fsp3) is 0.353. The lowest BCUT2D eigenvalue weighted by atomic mass is 10.1. The lowest BCUT2D eigenvalue weighted by Crippen LogP contribution is -2.42. The van der Waals surface area contributed by atoms with Crippen LogP contribution < -0.4 is 4.90 Å². The van der Waals surface area contributed by atoms with E-state index in [9.17, 15) is 9.18 Å². The van der Waals surface area contributed by atoms with Gasteiger partial charge in [0.05, 0.1) is 28.8 Å². The van der Waals surface area contributed by atoms with Gasteiger partial charge in [0, 0.05) is 25.5 Å². The number of halogens is 1. The van der Waals surface area contributed by atoms with Crippen molar-refractivity contribution in [1.29, 1.82) is 5.26 Å². The number of aryl methyl sites for hydroxylation is 1. The number of carbonyl (C=O) groups excluding carboxylic acids is 1. The van der Waals surface area contributed by atoms with Gasteiger partial charge in [0.25, 0.3) is 0 Å². The van der Waals surface area contributed by atoms with E-state index in [1.807, 2.05) is 19.3 Å². The van der Waals surface area contributed by atoms with E-state index in [0.717, 1.165) is 24.1 Å². The molecule has 3 rings (SSSR count). The standard InChI is InChI=1S/C17H17FN4OS/c1-21-10-15(9-20-21)22-6-2-3-16(17(22)23)24-11-12-4-5-14(18)7-13(12)8-19/h4-5,7,9-10,16H,2-3,6,11H2,1H3/t16-/m0/s1. The summed E-state index contributed by atoms with van der Waals surface area (Å²) in [4.78, 5) is 14.5. The van der Waals surface area contributed by atoms with Gasteiger partial charge in [-0.1, -0.05) is 6.07 Å². The molecule has 7 heteroatoms. The quantitative estimate of drug-likeness (QED) is 0.856. The number of piperidine rings is 1. The topological polar surface area (TPSA) is 61.9 Å². The smallest absolute Gasteiger partial charge is 0.240 e. The second-order valence-electron chi connectivity index (χ2n) is 5.72. The summed E-state index contributed by atoms with van der Waals surface area (Å²) in [7, 11) is 1.82. The van der Waals surface area contributed by atoms with Gasteiger partial charge in [0.1, 0.15) is 5.82 Å². The Bertz CT molecular complexity index is 798. The van der Waals surface area contributed by atoms with Crippen LogP contribution in [0.3, 0.4) is 0 Å². The fourth-order valence-corrected chi connectivity index (χ4v) is 4.01. The number of nitriles is 1. The molecule has 1 fully saturated rings. The molecule has 1 aliphatic heterocycles. The van der Waals surface area contributed by atoms with Crippen molar-refractivity contribution >= 4 is 23.4 Å². The molecule has 1 saturated heterocycles. The molecule has 1 aromatic heterocycles. The molecule has 0 unspecified atom stereocenters. The van der Waals surface area contributed by atoms with Crippen LogP contribution in [0.2, 0.25) is 0 Å². The Hall–Kier alpha value is -2.33. The molecule has 2 heterocycles. The van der Waals surface area contributed by atoms with E-state index < -0.39 is 5.82 Å². The number of nitrogens with zero attached hydrogens (tertiary/aromatic N) is 4. The number of rotatable bonds is 4. The van der Waals surface area contributed by atoms with Crippen molar-refractivity contribution in [1.82, 2.24) is 9.78 Å². The lowest BCUT2D eigenvalue weighted by molar-refractivity contribution is -0.119. The second kappa shape index (κ2) is 7.05. The van der Waals surface area contributed by atoms with Crippen LogP contribution in [-0.2, 0) is 17.6 Å². The Balaban J connectivity index is 1.69. The van der Waals surface area contributed by atoms with Gasteiger partial charge < -0.3 is 4.90 Å². The van der Waals surface area contributed by atoms with E-state index >= 15 is 0 Å². The van der Waals surface area contributed by atoms with E-state index in [4.69, 9.17) is 5.26 Å². The van der Waals surface area contributed by atoms with Gasteiger partial charge in [-0.3, -0.25) is 9.48 Å². The third-order valence-electron chi connectivity index (χ3n) is 4.02. The Morgan fingerprint density at radius 3 is 3.04 bits per heavy atom. The molecule has 1 atom stereocenters. The average molecular weight is 344 g/mol. The molecule has 1 aromatic carbocycles. The van der Waals surface area contributed by atoms with Crippen molar-refractivity contribution in [3.63, 3.8) is 0 Å². The van der Waals surface area contributed by atoms with Gasteiger partial charge in [-0.2, -0.15) is 10.4 Å². The van der Waals surface area contributed by atoms with Crippen LogP contribution in [0.15, 0.2) is 30.6 Å². The number of carbonyl (C=O) groups is 1. The highest BCUT2D eigenvalue weighted by Crippen LogP contribution is 2.30. The van der Waals surface area contributed by atoms with Crippen LogP contribution in [0.1, 0.15) is 24.0 Å². The van der Waals surface area contributed by atoms with Crippen molar-refractivity contribution in [2.75, 3.05) is 11.4 Å². The summed E-state index contributed by atoms with van der Waals surface area (Å²) >= 11 is 1.51. The molecule has 0 N–H and O–H groups in total. The highest BCUT2D eigenvalue weighted by molar-refractivity contribution is 7.99. The molecule has 1 amide bonds. The molecule has 124 valence electrons. The molecule has 1 aliphatic rings. The van der Waals surface area contributed by atoms with Gasteiger partial charge in [0.15, 0.2) is 0 Å². The SMILES string of the molecule is Cn1cc(N2CCC[C@H](SCc3ccc(F)cc3C#N)C2=O)cn1. The molecular formula is C17H17FN4OS. The zero-order chi connectivity index (χ0) is 17.1. The molecule has 0 saturated carbocycles. The fourth-order valence-electron chi connectivity index (χ4n) is 2.77. The maximum absolute atomic E-state index is 13.2. The van der Waals surface area contributed by atoms with Gasteiger partial charge in [-0.25, -0.2) is 4.39 Å². The Morgan fingerprint density at radius 1 is 1.50 bits per heavy atom. The largest absolute Gasteiger partial charge is 0.309 e. The van der Waals surface area contributed by atoms with E-state index in [-0.39, 0.29) is 11.2 Å². The third-order valence-corrected chi connectivity index (χ3v) is 5.34.